The van der Waals surface area contributed by atoms with Crippen LogP contribution in [0.15, 0.2) is 17.1 Å². The van der Waals surface area contributed by atoms with Crippen LogP contribution in [0.2, 0.25) is 0 Å². The van der Waals surface area contributed by atoms with Gasteiger partial charge in [0.05, 0.1) is 6.61 Å². The van der Waals surface area contributed by atoms with Gasteiger partial charge in [-0.3, -0.25) is 4.57 Å². The van der Waals surface area contributed by atoms with Crippen LogP contribution < -0.4 is 11.4 Å². The van der Waals surface area contributed by atoms with Gasteiger partial charge in [0.2, 0.25) is 0 Å². The van der Waals surface area contributed by atoms with Crippen molar-refractivity contribution in [3.63, 3.8) is 0 Å². The third-order valence-electron chi connectivity index (χ3n) is 2.64. The van der Waals surface area contributed by atoms with E-state index in [1.54, 1.807) is 0 Å². The van der Waals surface area contributed by atoms with Gasteiger partial charge < -0.3 is 25.8 Å². The van der Waals surface area contributed by atoms with Crippen molar-refractivity contribution in [2.45, 2.75) is 24.5 Å². The van der Waals surface area contributed by atoms with Crippen LogP contribution in [-0.2, 0) is 4.74 Å². The van der Waals surface area contributed by atoms with Crippen LogP contribution in [-0.4, -0.2) is 101 Å². The molecule has 0 amide bonds. The van der Waals surface area contributed by atoms with Gasteiger partial charge in [-0.1, -0.05) is 0 Å². The van der Waals surface area contributed by atoms with E-state index in [1.165, 1.54) is 12.3 Å². The van der Waals surface area contributed by atoms with Crippen LogP contribution in [0.1, 0.15) is 6.23 Å². The Morgan fingerprint density at radius 3 is 2.61 bits per heavy atom. The van der Waals surface area contributed by atoms with E-state index in [1.807, 2.05) is 0 Å². The molecule has 0 aliphatic carbocycles. The average Bonchev–Trinajstić information content (AvgIpc) is 2.57. The molecular formula is C9H14KN3O5. The Kier molecular flexibility index (Phi) is 5.90. The van der Waals surface area contributed by atoms with E-state index in [-0.39, 0.29) is 57.2 Å². The first-order valence-corrected chi connectivity index (χ1v) is 5.01. The van der Waals surface area contributed by atoms with E-state index in [4.69, 9.17) is 15.6 Å². The second-order valence-corrected chi connectivity index (χ2v) is 3.77. The van der Waals surface area contributed by atoms with E-state index in [9.17, 15) is 15.0 Å². The summed E-state index contributed by atoms with van der Waals surface area (Å²) in [7, 11) is 0. The molecule has 2 rings (SSSR count). The van der Waals surface area contributed by atoms with Crippen molar-refractivity contribution in [1.29, 1.82) is 0 Å². The van der Waals surface area contributed by atoms with E-state index >= 15 is 0 Å². The number of aromatic nitrogens is 2. The Bertz CT molecular complexity index is 468. The molecule has 1 saturated heterocycles. The van der Waals surface area contributed by atoms with Crippen molar-refractivity contribution in [2.75, 3.05) is 12.3 Å². The molecule has 1 aromatic heterocycles. The molecule has 8 nitrogen and oxygen atoms in total. The molecule has 0 aromatic carbocycles. The Labute approximate surface area is 145 Å². The maximum atomic E-state index is 11.5. The molecule has 0 bridgehead atoms. The summed E-state index contributed by atoms with van der Waals surface area (Å²) in [6.07, 6.45) is -3.27. The van der Waals surface area contributed by atoms with Crippen molar-refractivity contribution < 1.29 is 20.1 Å². The molecule has 4 atom stereocenters. The van der Waals surface area contributed by atoms with Gasteiger partial charge in [-0.2, -0.15) is 4.98 Å². The molecule has 0 saturated carbocycles. The van der Waals surface area contributed by atoms with Crippen molar-refractivity contribution in [3.8, 4) is 0 Å². The van der Waals surface area contributed by atoms with Gasteiger partial charge in [0.1, 0.15) is 24.1 Å². The first kappa shape index (κ1) is 16.2. The second-order valence-electron chi connectivity index (χ2n) is 3.77. The number of aliphatic hydroxyl groups excluding tert-OH is 3. The molecule has 0 unspecified atom stereocenters. The van der Waals surface area contributed by atoms with Crippen LogP contribution >= 0.6 is 0 Å². The van der Waals surface area contributed by atoms with Gasteiger partial charge in [-0.05, 0) is 6.07 Å². The quantitative estimate of drug-likeness (QED) is 0.420. The Morgan fingerprint density at radius 1 is 1.44 bits per heavy atom. The number of aliphatic hydroxyl groups is 3. The third kappa shape index (κ3) is 3.00. The summed E-state index contributed by atoms with van der Waals surface area (Å²) in [6.45, 7) is -0.453. The van der Waals surface area contributed by atoms with Gasteiger partial charge in [0.25, 0.3) is 0 Å². The average molecular weight is 283 g/mol. The maximum absolute atomic E-state index is 11.5. The molecule has 1 fully saturated rings. The molecule has 9 heteroatoms. The van der Waals surface area contributed by atoms with E-state index < -0.39 is 36.8 Å². The number of ether oxygens (including phenoxy) is 1. The zero-order valence-corrected chi connectivity index (χ0v) is 8.80. The topological polar surface area (TPSA) is 131 Å². The molecule has 18 heavy (non-hydrogen) atoms. The first-order valence-electron chi connectivity index (χ1n) is 5.01. The SMILES string of the molecule is Nc1ccn([C@@H]2O[C@H](CO)[C@@H](O)[C@H]2O)c(=O)n1.[KH]. The molecule has 1 aromatic rings. The summed E-state index contributed by atoms with van der Waals surface area (Å²) in [5.74, 6) is 0.0537. The fraction of sp³-hybridized carbons (Fsp3) is 0.556. The number of anilines is 1. The fourth-order valence-electron chi connectivity index (χ4n) is 1.73. The van der Waals surface area contributed by atoms with Crippen LogP contribution in [0.5, 0.6) is 0 Å². The minimum atomic E-state index is -1.31. The zero-order chi connectivity index (χ0) is 12.6. The molecule has 0 spiro atoms. The molecule has 5 N–H and O–H groups in total. The summed E-state index contributed by atoms with van der Waals surface area (Å²) < 4.78 is 6.19. The molecule has 96 valence electrons. The number of hydrogen-bond donors (Lipinski definition) is 4. The Balaban J connectivity index is 0.00000162. The van der Waals surface area contributed by atoms with Crippen LogP contribution in [0, 0.1) is 0 Å². The predicted molar refractivity (Wildman–Crippen MR) is 63.1 cm³/mol. The van der Waals surface area contributed by atoms with Gasteiger partial charge in [0, 0.05) is 6.20 Å². The van der Waals surface area contributed by atoms with Crippen molar-refractivity contribution in [2.24, 2.45) is 0 Å². The minimum absolute atomic E-state index is 0. The summed E-state index contributed by atoms with van der Waals surface area (Å²) in [6, 6.07) is 1.37. The van der Waals surface area contributed by atoms with Gasteiger partial charge in [0.15, 0.2) is 6.23 Å². The monoisotopic (exact) mass is 283 g/mol. The molecule has 0 radical (unpaired) electrons. The fourth-order valence-corrected chi connectivity index (χ4v) is 1.73. The molecule has 1 aliphatic heterocycles. The summed E-state index contributed by atoms with van der Waals surface area (Å²) in [5.41, 5.74) is 4.63. The summed E-state index contributed by atoms with van der Waals surface area (Å²) >= 11 is 0. The number of nitrogens with two attached hydrogens (primary N) is 1. The van der Waals surface area contributed by atoms with Gasteiger partial charge in [-0.25, -0.2) is 4.79 Å². The summed E-state index contributed by atoms with van der Waals surface area (Å²) in [5, 5.41) is 28.2. The first-order chi connectivity index (χ1) is 8.04. The number of nitrogens with zero attached hydrogens (tertiary/aromatic N) is 2. The van der Waals surface area contributed by atoms with E-state index in [2.05, 4.69) is 4.98 Å². The molecular weight excluding hydrogens is 269 g/mol. The number of hydrogen-bond acceptors (Lipinski definition) is 7. The molecule has 1 aliphatic rings. The molecule has 2 heterocycles. The third-order valence-corrected chi connectivity index (χ3v) is 2.64. The van der Waals surface area contributed by atoms with Gasteiger partial charge in [-0.15, -0.1) is 0 Å². The van der Waals surface area contributed by atoms with Crippen molar-refractivity contribution in [3.05, 3.63) is 22.7 Å². The van der Waals surface area contributed by atoms with E-state index in [0.29, 0.717) is 0 Å². The van der Waals surface area contributed by atoms with Crippen LogP contribution in [0.4, 0.5) is 5.82 Å². The van der Waals surface area contributed by atoms with Gasteiger partial charge >= 0.3 is 57.1 Å². The Hall–Kier alpha value is 0.156. The zero-order valence-electron chi connectivity index (χ0n) is 8.80. The normalized spacial score (nSPS) is 31.1. The van der Waals surface area contributed by atoms with Crippen LogP contribution in [0.25, 0.3) is 0 Å². The van der Waals surface area contributed by atoms with Crippen molar-refractivity contribution in [1.82, 2.24) is 9.55 Å². The van der Waals surface area contributed by atoms with Crippen molar-refractivity contribution >= 4 is 57.2 Å². The number of nitrogen functional groups attached to an aromatic ring is 1. The van der Waals surface area contributed by atoms with Crippen LogP contribution in [0.3, 0.4) is 0 Å². The second kappa shape index (κ2) is 6.55. The predicted octanol–water partition coefficient (Wildman–Crippen LogP) is -3.21. The Morgan fingerprint density at radius 2 is 2.11 bits per heavy atom. The standard InChI is InChI=1S/C9H13N3O5.K.H/c10-5-1-2-12(9(16)11-5)8-7(15)6(14)4(3-13)17-8;;/h1-2,4,6-8,13-15H,3H2,(H2,10,11,16);;/t4-,6-,7-,8-;;/m1../s1. The summed E-state index contributed by atoms with van der Waals surface area (Å²) in [4.78, 5) is 15.0. The number of rotatable bonds is 2. The van der Waals surface area contributed by atoms with E-state index in [0.717, 1.165) is 4.57 Å².